The number of Topliss-reactive ketones (excluding diaryl/α,β-unsaturated/α-hetero) is 1. The van der Waals surface area contributed by atoms with Crippen LogP contribution in [0.1, 0.15) is 22.8 Å². The fourth-order valence-electron chi connectivity index (χ4n) is 1.88. The van der Waals surface area contributed by atoms with E-state index in [-0.39, 0.29) is 11.8 Å². The van der Waals surface area contributed by atoms with Crippen molar-refractivity contribution in [1.29, 1.82) is 0 Å². The summed E-state index contributed by atoms with van der Waals surface area (Å²) in [6.07, 6.45) is 3.33. The van der Waals surface area contributed by atoms with Crippen LogP contribution in [-0.2, 0) is 0 Å². The molecule has 0 bridgehead atoms. The van der Waals surface area contributed by atoms with E-state index in [1.165, 1.54) is 6.92 Å². The van der Waals surface area contributed by atoms with Gasteiger partial charge in [-0.25, -0.2) is 4.79 Å². The molecule has 2 rings (SSSR count). The number of carbonyl (C=O) groups is 2. The Kier molecular flexibility index (Phi) is 5.52. The maximum Gasteiger partial charge on any atom is 0.323 e. The number of hydrogen-bond acceptors (Lipinski definition) is 3. The van der Waals surface area contributed by atoms with Crippen molar-refractivity contribution in [3.05, 3.63) is 65.9 Å². The fraction of sp³-hybridized carbons (Fsp3) is 0.111. The van der Waals surface area contributed by atoms with Crippen molar-refractivity contribution in [2.45, 2.75) is 6.92 Å². The van der Waals surface area contributed by atoms with E-state index in [1.807, 2.05) is 24.3 Å². The first-order valence-electron chi connectivity index (χ1n) is 7.07. The molecule has 0 fully saturated rings. The zero-order valence-electron chi connectivity index (χ0n) is 13.0. The van der Waals surface area contributed by atoms with E-state index in [1.54, 1.807) is 43.7 Å². The van der Waals surface area contributed by atoms with Crippen molar-refractivity contribution in [1.82, 2.24) is 5.32 Å². The molecular formula is C18H18N2O3. The molecule has 0 unspecified atom stereocenters. The zero-order chi connectivity index (χ0) is 16.7. The molecule has 0 spiro atoms. The monoisotopic (exact) mass is 310 g/mol. The van der Waals surface area contributed by atoms with Crippen molar-refractivity contribution in [3.8, 4) is 5.75 Å². The van der Waals surface area contributed by atoms with Gasteiger partial charge in [0.1, 0.15) is 5.75 Å². The fourth-order valence-corrected chi connectivity index (χ4v) is 1.88. The largest absolute Gasteiger partial charge is 0.497 e. The lowest BCUT2D eigenvalue weighted by molar-refractivity contribution is 0.101. The number of hydrogen-bond donors (Lipinski definition) is 2. The average Bonchev–Trinajstić information content (AvgIpc) is 2.56. The number of amides is 2. The second-order valence-electron chi connectivity index (χ2n) is 4.84. The van der Waals surface area contributed by atoms with Crippen LogP contribution >= 0.6 is 0 Å². The molecule has 0 aromatic heterocycles. The second-order valence-corrected chi connectivity index (χ2v) is 4.84. The Hall–Kier alpha value is -3.08. The third-order valence-corrected chi connectivity index (χ3v) is 3.16. The average molecular weight is 310 g/mol. The molecule has 5 heteroatoms. The molecule has 0 radical (unpaired) electrons. The number of rotatable bonds is 5. The number of ether oxygens (including phenoxy) is 1. The molecule has 2 aromatic carbocycles. The summed E-state index contributed by atoms with van der Waals surface area (Å²) >= 11 is 0. The van der Waals surface area contributed by atoms with Crippen molar-refractivity contribution in [2.75, 3.05) is 12.4 Å². The van der Waals surface area contributed by atoms with Crippen LogP contribution in [0.15, 0.2) is 54.7 Å². The smallest absolute Gasteiger partial charge is 0.323 e. The summed E-state index contributed by atoms with van der Waals surface area (Å²) in [7, 11) is 1.61. The van der Waals surface area contributed by atoms with Gasteiger partial charge in [0.2, 0.25) is 0 Å². The third kappa shape index (κ3) is 5.00. The minimum atomic E-state index is -0.356. The maximum atomic E-state index is 11.8. The molecule has 0 atom stereocenters. The molecule has 0 saturated carbocycles. The Morgan fingerprint density at radius 3 is 2.22 bits per heavy atom. The lowest BCUT2D eigenvalue weighted by atomic mass is 10.1. The van der Waals surface area contributed by atoms with Crippen molar-refractivity contribution < 1.29 is 14.3 Å². The van der Waals surface area contributed by atoms with Gasteiger partial charge in [0.25, 0.3) is 0 Å². The van der Waals surface area contributed by atoms with E-state index < -0.39 is 0 Å². The second kappa shape index (κ2) is 7.79. The van der Waals surface area contributed by atoms with E-state index >= 15 is 0 Å². The SMILES string of the molecule is COc1ccc(/C=C/NC(=O)Nc2ccc(C(C)=O)cc2)cc1. The summed E-state index contributed by atoms with van der Waals surface area (Å²) in [5.74, 6) is 0.769. The van der Waals surface area contributed by atoms with Crippen LogP contribution in [0.2, 0.25) is 0 Å². The first-order chi connectivity index (χ1) is 11.1. The molecule has 0 aliphatic carbocycles. The van der Waals surface area contributed by atoms with Crippen molar-refractivity contribution in [3.63, 3.8) is 0 Å². The normalized spacial score (nSPS) is 10.3. The summed E-state index contributed by atoms with van der Waals surface area (Å²) in [6.45, 7) is 1.50. The number of nitrogens with one attached hydrogen (secondary N) is 2. The third-order valence-electron chi connectivity index (χ3n) is 3.16. The van der Waals surface area contributed by atoms with Gasteiger partial charge >= 0.3 is 6.03 Å². The summed E-state index contributed by atoms with van der Waals surface area (Å²) < 4.78 is 5.08. The number of ketones is 1. The number of anilines is 1. The number of benzene rings is 2. The molecule has 118 valence electrons. The highest BCUT2D eigenvalue weighted by molar-refractivity contribution is 5.95. The molecule has 2 amide bonds. The first-order valence-corrected chi connectivity index (χ1v) is 7.07. The van der Waals surface area contributed by atoms with E-state index in [4.69, 9.17) is 4.74 Å². The highest BCUT2D eigenvalue weighted by Gasteiger charge is 2.01. The number of urea groups is 1. The minimum absolute atomic E-state index is 0.0107. The zero-order valence-corrected chi connectivity index (χ0v) is 13.0. The van der Waals surface area contributed by atoms with Crippen LogP contribution in [0.3, 0.4) is 0 Å². The molecule has 0 aliphatic heterocycles. The maximum absolute atomic E-state index is 11.8. The Morgan fingerprint density at radius 1 is 1.00 bits per heavy atom. The van der Waals surface area contributed by atoms with Gasteiger partial charge in [-0.1, -0.05) is 12.1 Å². The molecule has 23 heavy (non-hydrogen) atoms. The van der Waals surface area contributed by atoms with Crippen LogP contribution in [0.4, 0.5) is 10.5 Å². The molecule has 0 saturated heterocycles. The van der Waals surface area contributed by atoms with Crippen LogP contribution < -0.4 is 15.4 Å². The molecular weight excluding hydrogens is 292 g/mol. The summed E-state index contributed by atoms with van der Waals surface area (Å²) in [5.41, 5.74) is 2.16. The van der Waals surface area contributed by atoms with Crippen LogP contribution in [0.5, 0.6) is 5.75 Å². The van der Waals surface area contributed by atoms with Crippen LogP contribution in [-0.4, -0.2) is 18.9 Å². The molecule has 2 N–H and O–H groups in total. The standard InChI is InChI=1S/C18H18N2O3/c1-13(21)15-5-7-16(8-6-15)20-18(22)19-12-11-14-3-9-17(23-2)10-4-14/h3-12H,1-2H3,(H2,19,20,22)/b12-11+. The lowest BCUT2D eigenvalue weighted by Gasteiger charge is -2.05. The van der Waals surface area contributed by atoms with Gasteiger partial charge in [0, 0.05) is 17.5 Å². The van der Waals surface area contributed by atoms with Crippen molar-refractivity contribution >= 4 is 23.6 Å². The quantitative estimate of drug-likeness (QED) is 0.828. The van der Waals surface area contributed by atoms with Gasteiger partial charge in [-0.2, -0.15) is 0 Å². The molecule has 0 heterocycles. The van der Waals surface area contributed by atoms with Gasteiger partial charge in [0.05, 0.1) is 7.11 Å². The first kappa shape index (κ1) is 16.3. The van der Waals surface area contributed by atoms with Crippen LogP contribution in [0, 0.1) is 0 Å². The van der Waals surface area contributed by atoms with E-state index in [9.17, 15) is 9.59 Å². The van der Waals surface area contributed by atoms with Crippen LogP contribution in [0.25, 0.3) is 6.08 Å². The van der Waals surface area contributed by atoms with Gasteiger partial charge in [-0.15, -0.1) is 0 Å². The van der Waals surface area contributed by atoms with Gasteiger partial charge < -0.3 is 15.4 Å². The number of carbonyl (C=O) groups excluding carboxylic acids is 2. The summed E-state index contributed by atoms with van der Waals surface area (Å²) in [6, 6.07) is 13.8. The lowest BCUT2D eigenvalue weighted by Crippen LogP contribution is -2.23. The van der Waals surface area contributed by atoms with Gasteiger partial charge in [-0.05, 0) is 55.0 Å². The topological polar surface area (TPSA) is 67.4 Å². The van der Waals surface area contributed by atoms with Crippen molar-refractivity contribution in [2.24, 2.45) is 0 Å². The highest BCUT2D eigenvalue weighted by Crippen LogP contribution is 2.12. The minimum Gasteiger partial charge on any atom is -0.497 e. The van der Waals surface area contributed by atoms with E-state index in [0.29, 0.717) is 11.3 Å². The van der Waals surface area contributed by atoms with Gasteiger partial charge in [-0.3, -0.25) is 4.79 Å². The summed E-state index contributed by atoms with van der Waals surface area (Å²) in [4.78, 5) is 22.9. The van der Waals surface area contributed by atoms with E-state index in [0.717, 1.165) is 11.3 Å². The Labute approximate surface area is 135 Å². The summed E-state index contributed by atoms with van der Waals surface area (Å²) in [5, 5.41) is 5.30. The molecule has 0 aliphatic rings. The Bertz CT molecular complexity index is 704. The van der Waals surface area contributed by atoms with E-state index in [2.05, 4.69) is 10.6 Å². The molecule has 2 aromatic rings. The molecule has 5 nitrogen and oxygen atoms in total. The number of methoxy groups -OCH3 is 1. The van der Waals surface area contributed by atoms with Gasteiger partial charge in [0.15, 0.2) is 5.78 Å². The predicted molar refractivity (Wildman–Crippen MR) is 90.6 cm³/mol. The Balaban J connectivity index is 1.86. The predicted octanol–water partition coefficient (Wildman–Crippen LogP) is 3.69. The highest BCUT2D eigenvalue weighted by atomic mass is 16.5. The Morgan fingerprint density at radius 2 is 1.65 bits per heavy atom.